The van der Waals surface area contributed by atoms with Crippen molar-refractivity contribution in [3.8, 4) is 0 Å². The maximum absolute atomic E-state index is 4.75. The van der Waals surface area contributed by atoms with E-state index in [0.717, 1.165) is 54.7 Å². The van der Waals surface area contributed by atoms with Gasteiger partial charge in [-0.2, -0.15) is 4.98 Å². The van der Waals surface area contributed by atoms with Crippen LogP contribution >= 0.6 is 0 Å². The molecule has 0 saturated carbocycles. The monoisotopic (exact) mass is 388 g/mol. The van der Waals surface area contributed by atoms with Gasteiger partial charge in [0.25, 0.3) is 0 Å². The second-order valence-electron chi connectivity index (χ2n) is 7.27. The van der Waals surface area contributed by atoms with Crippen LogP contribution in [0.25, 0.3) is 22.1 Å². The summed E-state index contributed by atoms with van der Waals surface area (Å²) in [5.74, 6) is 0.591. The van der Waals surface area contributed by atoms with Crippen LogP contribution in [0.3, 0.4) is 0 Å². The fourth-order valence-corrected chi connectivity index (χ4v) is 3.86. The number of rotatable bonds is 8. The number of anilines is 2. The quantitative estimate of drug-likeness (QED) is 0.446. The first-order valence-corrected chi connectivity index (χ1v) is 10.4. The van der Waals surface area contributed by atoms with Crippen LogP contribution in [-0.2, 0) is 6.54 Å². The van der Waals surface area contributed by atoms with Crippen LogP contribution in [0.5, 0.6) is 0 Å². The van der Waals surface area contributed by atoms with Crippen LogP contribution in [0, 0.1) is 6.92 Å². The van der Waals surface area contributed by atoms with Gasteiger partial charge in [-0.25, -0.2) is 0 Å². The summed E-state index contributed by atoms with van der Waals surface area (Å²) in [6.45, 7) is 10.1. The van der Waals surface area contributed by atoms with Gasteiger partial charge in [0.15, 0.2) is 5.65 Å². The number of fused-ring (bicyclic) bond motifs is 3. The summed E-state index contributed by atoms with van der Waals surface area (Å²) in [5, 5.41) is 13.2. The zero-order valence-corrected chi connectivity index (χ0v) is 17.4. The number of para-hydroxylation sites is 1. The molecule has 0 radical (unpaired) electrons. The molecule has 4 rings (SSSR count). The number of nitrogens with one attached hydrogen (secondary N) is 1. The van der Waals surface area contributed by atoms with Crippen molar-refractivity contribution in [3.05, 3.63) is 54.1 Å². The molecule has 4 aromatic rings. The minimum absolute atomic E-state index is 0.591. The van der Waals surface area contributed by atoms with E-state index < -0.39 is 0 Å². The molecule has 2 aromatic carbocycles. The topological polar surface area (TPSA) is 58.9 Å². The van der Waals surface area contributed by atoms with Crippen LogP contribution in [0.4, 0.5) is 11.6 Å². The Balaban J connectivity index is 1.44. The van der Waals surface area contributed by atoms with Gasteiger partial charge in [0.05, 0.1) is 5.52 Å². The molecule has 0 aliphatic rings. The molecule has 0 saturated heterocycles. The Kier molecular flexibility index (Phi) is 5.60. The van der Waals surface area contributed by atoms with Gasteiger partial charge in [-0.15, -0.1) is 10.2 Å². The Morgan fingerprint density at radius 1 is 1.03 bits per heavy atom. The van der Waals surface area contributed by atoms with Crippen molar-refractivity contribution in [1.82, 2.24) is 19.7 Å². The normalized spacial score (nSPS) is 11.3. The Hall–Kier alpha value is -3.15. The lowest BCUT2D eigenvalue weighted by Gasteiger charge is -2.23. The van der Waals surface area contributed by atoms with E-state index >= 15 is 0 Å². The second kappa shape index (κ2) is 8.47. The molecule has 0 fully saturated rings. The van der Waals surface area contributed by atoms with Crippen LogP contribution < -0.4 is 10.2 Å². The fraction of sp³-hybridized carbons (Fsp3) is 0.348. The maximum atomic E-state index is 4.75. The Bertz CT molecular complexity index is 1120. The standard InChI is InChI=1S/C23H28N6/c1-4-28(18-11-8-10-17(3)16-18)15-9-14-24-23-25-22-21(26-27-23)19-12-6-7-13-20(19)29(22)5-2/h6-8,10-13,16H,4-5,9,14-15H2,1-3H3,(H,24,25,27). The molecule has 2 heterocycles. The lowest BCUT2D eigenvalue weighted by atomic mass is 10.2. The van der Waals surface area contributed by atoms with Crippen LogP contribution in [0.2, 0.25) is 0 Å². The molecule has 2 aromatic heterocycles. The van der Waals surface area contributed by atoms with Gasteiger partial charge in [-0.3, -0.25) is 0 Å². The van der Waals surface area contributed by atoms with Crippen molar-refractivity contribution < 1.29 is 0 Å². The van der Waals surface area contributed by atoms with Crippen molar-refractivity contribution in [3.63, 3.8) is 0 Å². The number of aromatic nitrogens is 4. The third-order valence-corrected chi connectivity index (χ3v) is 5.33. The van der Waals surface area contributed by atoms with Crippen LogP contribution in [0.15, 0.2) is 48.5 Å². The first kappa shape index (κ1) is 19.2. The molecule has 0 aliphatic carbocycles. The van der Waals surface area contributed by atoms with Gasteiger partial charge in [0.1, 0.15) is 5.52 Å². The molecule has 1 N–H and O–H groups in total. The van der Waals surface area contributed by atoms with E-state index in [2.05, 4.69) is 82.2 Å². The predicted molar refractivity (Wildman–Crippen MR) is 121 cm³/mol. The highest BCUT2D eigenvalue weighted by Crippen LogP contribution is 2.26. The SMILES string of the molecule is CCN(CCCNc1nnc2c3ccccc3n(CC)c2n1)c1cccc(C)c1. The molecule has 0 aliphatic heterocycles. The third kappa shape index (κ3) is 3.88. The van der Waals surface area contributed by atoms with Crippen molar-refractivity contribution >= 4 is 33.7 Å². The molecular weight excluding hydrogens is 360 g/mol. The summed E-state index contributed by atoms with van der Waals surface area (Å²) in [4.78, 5) is 7.15. The Morgan fingerprint density at radius 3 is 2.69 bits per heavy atom. The highest BCUT2D eigenvalue weighted by atomic mass is 15.3. The zero-order valence-electron chi connectivity index (χ0n) is 17.4. The number of hydrogen-bond donors (Lipinski definition) is 1. The molecule has 150 valence electrons. The molecule has 29 heavy (non-hydrogen) atoms. The zero-order chi connectivity index (χ0) is 20.2. The Morgan fingerprint density at radius 2 is 1.90 bits per heavy atom. The highest BCUT2D eigenvalue weighted by molar-refractivity contribution is 6.04. The molecule has 0 atom stereocenters. The number of hydrogen-bond acceptors (Lipinski definition) is 5. The van der Waals surface area contributed by atoms with E-state index in [9.17, 15) is 0 Å². The van der Waals surface area contributed by atoms with E-state index in [1.54, 1.807) is 0 Å². The minimum Gasteiger partial charge on any atom is -0.372 e. The molecule has 6 nitrogen and oxygen atoms in total. The molecular formula is C23H28N6. The van der Waals surface area contributed by atoms with Crippen molar-refractivity contribution in [2.75, 3.05) is 29.9 Å². The van der Waals surface area contributed by atoms with Crippen LogP contribution in [0.1, 0.15) is 25.8 Å². The van der Waals surface area contributed by atoms with Gasteiger partial charge in [-0.05, 0) is 51.0 Å². The molecule has 0 amide bonds. The first-order valence-electron chi connectivity index (χ1n) is 10.4. The number of benzene rings is 2. The number of nitrogens with zero attached hydrogens (tertiary/aromatic N) is 5. The summed E-state index contributed by atoms with van der Waals surface area (Å²) in [5.41, 5.74) is 5.48. The summed E-state index contributed by atoms with van der Waals surface area (Å²) >= 11 is 0. The second-order valence-corrected chi connectivity index (χ2v) is 7.27. The molecule has 0 unspecified atom stereocenters. The van der Waals surface area contributed by atoms with E-state index in [1.165, 1.54) is 11.3 Å². The molecule has 0 bridgehead atoms. The van der Waals surface area contributed by atoms with E-state index in [0.29, 0.717) is 5.95 Å². The summed E-state index contributed by atoms with van der Waals surface area (Å²) < 4.78 is 2.20. The van der Waals surface area contributed by atoms with Gasteiger partial charge in [0, 0.05) is 37.3 Å². The lowest BCUT2D eigenvalue weighted by Crippen LogP contribution is -2.25. The van der Waals surface area contributed by atoms with E-state index in [4.69, 9.17) is 4.98 Å². The van der Waals surface area contributed by atoms with Crippen molar-refractivity contribution in [1.29, 1.82) is 0 Å². The minimum atomic E-state index is 0.591. The average molecular weight is 389 g/mol. The lowest BCUT2D eigenvalue weighted by molar-refractivity contribution is 0.762. The Labute approximate surface area is 171 Å². The summed E-state index contributed by atoms with van der Waals surface area (Å²) in [6.07, 6.45) is 1.000. The maximum Gasteiger partial charge on any atom is 0.244 e. The van der Waals surface area contributed by atoms with Crippen molar-refractivity contribution in [2.24, 2.45) is 0 Å². The third-order valence-electron chi connectivity index (χ3n) is 5.33. The number of aryl methyl sites for hydroxylation is 2. The van der Waals surface area contributed by atoms with E-state index in [-0.39, 0.29) is 0 Å². The first-order chi connectivity index (χ1) is 14.2. The fourth-order valence-electron chi connectivity index (χ4n) is 3.86. The highest BCUT2D eigenvalue weighted by Gasteiger charge is 2.13. The smallest absolute Gasteiger partial charge is 0.244 e. The van der Waals surface area contributed by atoms with Gasteiger partial charge < -0.3 is 14.8 Å². The van der Waals surface area contributed by atoms with Gasteiger partial charge in [-0.1, -0.05) is 30.3 Å². The molecule has 6 heteroatoms. The van der Waals surface area contributed by atoms with Crippen LogP contribution in [-0.4, -0.2) is 39.4 Å². The predicted octanol–water partition coefficient (Wildman–Crippen LogP) is 4.64. The summed E-state index contributed by atoms with van der Waals surface area (Å²) in [6, 6.07) is 16.9. The largest absolute Gasteiger partial charge is 0.372 e. The van der Waals surface area contributed by atoms with Gasteiger partial charge in [0.2, 0.25) is 5.95 Å². The average Bonchev–Trinajstić information content (AvgIpc) is 3.06. The summed E-state index contributed by atoms with van der Waals surface area (Å²) in [7, 11) is 0. The van der Waals surface area contributed by atoms with Crippen molar-refractivity contribution in [2.45, 2.75) is 33.7 Å². The van der Waals surface area contributed by atoms with E-state index in [1.807, 2.05) is 12.1 Å². The molecule has 0 spiro atoms. The van der Waals surface area contributed by atoms with Gasteiger partial charge >= 0.3 is 0 Å².